The van der Waals surface area contributed by atoms with Crippen LogP contribution in [0, 0.1) is 5.92 Å². The van der Waals surface area contributed by atoms with Gasteiger partial charge < -0.3 is 0 Å². The van der Waals surface area contributed by atoms with Gasteiger partial charge in [0, 0.05) is 13.1 Å². The largest absolute Gasteiger partial charge is 0.288 e. The Balaban J connectivity index is 2.30. The summed E-state index contributed by atoms with van der Waals surface area (Å²) in [6.45, 7) is 3.80. The van der Waals surface area contributed by atoms with Crippen molar-refractivity contribution in [2.24, 2.45) is 11.1 Å². The van der Waals surface area contributed by atoms with Crippen LogP contribution in [0.4, 0.5) is 0 Å². The summed E-state index contributed by atoms with van der Waals surface area (Å²) in [5, 5.41) is 4.82. The van der Waals surface area contributed by atoms with E-state index in [0.29, 0.717) is 5.92 Å². The minimum Gasteiger partial charge on any atom is -0.288 e. The van der Waals surface area contributed by atoms with Crippen LogP contribution in [0.1, 0.15) is 6.92 Å². The van der Waals surface area contributed by atoms with Gasteiger partial charge in [0.05, 0.1) is 0 Å². The van der Waals surface area contributed by atoms with Gasteiger partial charge in [0.2, 0.25) is 10.0 Å². The number of primary sulfonamides is 1. The van der Waals surface area contributed by atoms with Gasteiger partial charge in [-0.25, -0.2) is 13.6 Å². The molecule has 0 saturated carbocycles. The predicted octanol–water partition coefficient (Wildman–Crippen LogP) is -0.816. The van der Waals surface area contributed by atoms with Crippen molar-refractivity contribution in [3.8, 4) is 0 Å². The van der Waals surface area contributed by atoms with Crippen LogP contribution in [0.3, 0.4) is 0 Å². The Labute approximate surface area is 61.1 Å². The molecule has 1 heterocycles. The second-order valence-corrected chi connectivity index (χ2v) is 4.52. The third kappa shape index (κ3) is 2.24. The predicted molar refractivity (Wildman–Crippen MR) is 38.7 cm³/mol. The van der Waals surface area contributed by atoms with E-state index in [4.69, 9.17) is 5.14 Å². The maximum Gasteiger partial charge on any atom is 0.222 e. The number of hydrogen-bond donors (Lipinski definition) is 1. The molecular formula is C5H12N2O2S. The summed E-state index contributed by atoms with van der Waals surface area (Å²) in [6, 6.07) is 0. The highest BCUT2D eigenvalue weighted by molar-refractivity contribution is 7.89. The van der Waals surface area contributed by atoms with Crippen molar-refractivity contribution >= 4 is 10.0 Å². The van der Waals surface area contributed by atoms with Crippen LogP contribution in [0.15, 0.2) is 0 Å². The second-order valence-electron chi connectivity index (χ2n) is 2.93. The van der Waals surface area contributed by atoms with Gasteiger partial charge in [-0.3, -0.25) is 4.90 Å². The van der Waals surface area contributed by atoms with Gasteiger partial charge in [0.25, 0.3) is 0 Å². The lowest BCUT2D eigenvalue weighted by molar-refractivity contribution is 0.137. The number of hydrogen-bond acceptors (Lipinski definition) is 3. The Morgan fingerprint density at radius 2 is 2.10 bits per heavy atom. The normalized spacial score (nSPS) is 22.6. The highest BCUT2D eigenvalue weighted by Gasteiger charge is 2.24. The van der Waals surface area contributed by atoms with Crippen molar-refractivity contribution in [1.82, 2.24) is 4.90 Å². The summed E-state index contributed by atoms with van der Waals surface area (Å²) in [7, 11) is -3.28. The lowest BCUT2D eigenvalue weighted by atomic mass is 10.1. The van der Waals surface area contributed by atoms with Gasteiger partial charge in [-0.1, -0.05) is 6.92 Å². The minimum atomic E-state index is -3.28. The summed E-state index contributed by atoms with van der Waals surface area (Å²) in [6.07, 6.45) is 0. The molecule has 0 aromatic carbocycles. The molecular weight excluding hydrogens is 152 g/mol. The number of sulfonamides is 1. The fourth-order valence-electron chi connectivity index (χ4n) is 1.19. The van der Waals surface area contributed by atoms with Crippen LogP contribution in [0.25, 0.3) is 0 Å². The molecule has 0 bridgehead atoms. The smallest absolute Gasteiger partial charge is 0.222 e. The Hall–Kier alpha value is -0.130. The molecule has 5 heteroatoms. The highest BCUT2D eigenvalue weighted by Crippen LogP contribution is 2.13. The average Bonchev–Trinajstić information content (AvgIpc) is 1.57. The zero-order valence-electron chi connectivity index (χ0n) is 5.95. The van der Waals surface area contributed by atoms with Crippen LogP contribution < -0.4 is 5.14 Å². The van der Waals surface area contributed by atoms with E-state index < -0.39 is 10.0 Å². The van der Waals surface area contributed by atoms with E-state index in [1.807, 2.05) is 4.90 Å². The topological polar surface area (TPSA) is 63.4 Å². The zero-order valence-corrected chi connectivity index (χ0v) is 6.76. The fraction of sp³-hybridized carbons (Fsp3) is 1.00. The summed E-state index contributed by atoms with van der Waals surface area (Å²) in [5.74, 6) is 0.638. The Bertz CT molecular complexity index is 206. The Morgan fingerprint density at radius 1 is 1.60 bits per heavy atom. The molecule has 0 unspecified atom stereocenters. The average molecular weight is 164 g/mol. The number of likely N-dealkylation sites (tertiary alicyclic amines) is 1. The molecule has 10 heavy (non-hydrogen) atoms. The molecule has 1 rings (SSSR count). The molecule has 0 atom stereocenters. The first kappa shape index (κ1) is 7.97. The molecule has 0 spiro atoms. The number of nitrogens with zero attached hydrogens (tertiary/aromatic N) is 1. The van der Waals surface area contributed by atoms with E-state index in [1.54, 1.807) is 0 Å². The third-order valence-corrected chi connectivity index (χ3v) is 2.23. The van der Waals surface area contributed by atoms with Crippen molar-refractivity contribution in [2.45, 2.75) is 6.92 Å². The van der Waals surface area contributed by atoms with Crippen molar-refractivity contribution in [3.05, 3.63) is 0 Å². The monoisotopic (exact) mass is 164 g/mol. The van der Waals surface area contributed by atoms with Crippen LogP contribution >= 0.6 is 0 Å². The second kappa shape index (κ2) is 2.48. The maximum atomic E-state index is 10.5. The van der Waals surface area contributed by atoms with E-state index in [-0.39, 0.29) is 5.88 Å². The van der Waals surface area contributed by atoms with Crippen LogP contribution in [0.5, 0.6) is 0 Å². The Kier molecular flexibility index (Phi) is 1.98. The molecule has 0 aliphatic carbocycles. The van der Waals surface area contributed by atoms with Crippen molar-refractivity contribution < 1.29 is 8.42 Å². The fourth-order valence-corrected chi connectivity index (χ4v) is 1.91. The van der Waals surface area contributed by atoms with Gasteiger partial charge in [0.1, 0.15) is 5.88 Å². The summed E-state index contributed by atoms with van der Waals surface area (Å²) < 4.78 is 21.0. The molecule has 2 N–H and O–H groups in total. The summed E-state index contributed by atoms with van der Waals surface area (Å²) >= 11 is 0. The molecule has 60 valence electrons. The highest BCUT2D eigenvalue weighted by atomic mass is 32.2. The lowest BCUT2D eigenvalue weighted by Crippen LogP contribution is -2.48. The molecule has 1 saturated heterocycles. The molecule has 4 nitrogen and oxygen atoms in total. The van der Waals surface area contributed by atoms with Crippen molar-refractivity contribution in [1.29, 1.82) is 0 Å². The van der Waals surface area contributed by atoms with E-state index in [9.17, 15) is 8.42 Å². The lowest BCUT2D eigenvalue weighted by Gasteiger charge is -2.35. The maximum absolute atomic E-state index is 10.5. The molecule has 1 aliphatic rings. The van der Waals surface area contributed by atoms with Crippen molar-refractivity contribution in [2.75, 3.05) is 19.0 Å². The summed E-state index contributed by atoms with van der Waals surface area (Å²) in [5.41, 5.74) is 0. The van der Waals surface area contributed by atoms with Gasteiger partial charge >= 0.3 is 0 Å². The van der Waals surface area contributed by atoms with Crippen molar-refractivity contribution in [3.63, 3.8) is 0 Å². The Morgan fingerprint density at radius 3 is 2.40 bits per heavy atom. The SMILES string of the molecule is CC1CN(CS(N)(=O)=O)C1. The first-order chi connectivity index (χ1) is 4.47. The third-order valence-electron chi connectivity index (χ3n) is 1.50. The van der Waals surface area contributed by atoms with E-state index in [1.165, 1.54) is 0 Å². The summed E-state index contributed by atoms with van der Waals surface area (Å²) in [4.78, 5) is 1.82. The zero-order chi connectivity index (χ0) is 7.78. The molecule has 1 fully saturated rings. The van der Waals surface area contributed by atoms with Crippen LogP contribution in [-0.2, 0) is 10.0 Å². The van der Waals surface area contributed by atoms with Gasteiger partial charge in [-0.15, -0.1) is 0 Å². The molecule has 0 amide bonds. The van der Waals surface area contributed by atoms with Gasteiger partial charge in [-0.2, -0.15) is 0 Å². The molecule has 0 aromatic heterocycles. The molecule has 1 aliphatic heterocycles. The van der Waals surface area contributed by atoms with Crippen LogP contribution in [-0.4, -0.2) is 32.3 Å². The van der Waals surface area contributed by atoms with E-state index >= 15 is 0 Å². The van der Waals surface area contributed by atoms with Gasteiger partial charge in [-0.05, 0) is 5.92 Å². The quantitative estimate of drug-likeness (QED) is 0.580. The standard InChI is InChI=1S/C5H12N2O2S/c1-5-2-7(3-5)4-10(6,8)9/h5H,2-4H2,1H3,(H2,6,8,9). The first-order valence-corrected chi connectivity index (χ1v) is 4.92. The molecule has 0 aromatic rings. The number of rotatable bonds is 2. The number of nitrogens with two attached hydrogens (primary N) is 1. The van der Waals surface area contributed by atoms with E-state index in [0.717, 1.165) is 13.1 Å². The van der Waals surface area contributed by atoms with E-state index in [2.05, 4.69) is 6.92 Å². The van der Waals surface area contributed by atoms with Crippen LogP contribution in [0.2, 0.25) is 0 Å². The molecule has 0 radical (unpaired) electrons. The van der Waals surface area contributed by atoms with Gasteiger partial charge in [0.15, 0.2) is 0 Å². The first-order valence-electron chi connectivity index (χ1n) is 3.20. The minimum absolute atomic E-state index is 0.0112.